The molecule has 0 aliphatic rings. The molecule has 2 rings (SSSR count). The Hall–Kier alpha value is -2.36. The van der Waals surface area contributed by atoms with Gasteiger partial charge >= 0.3 is 0 Å². The summed E-state index contributed by atoms with van der Waals surface area (Å²) in [5, 5.41) is 0. The van der Waals surface area contributed by atoms with Crippen molar-refractivity contribution in [2.24, 2.45) is 0 Å². The van der Waals surface area contributed by atoms with Crippen LogP contribution in [0, 0.1) is 6.07 Å². The van der Waals surface area contributed by atoms with Crippen molar-refractivity contribution in [1.82, 2.24) is 0 Å². The third-order valence-corrected chi connectivity index (χ3v) is 2.82. The molecule has 4 heteroatoms. The molecule has 105 valence electrons. The molecule has 0 fully saturated rings. The maximum atomic E-state index is 5.69. The van der Waals surface area contributed by atoms with Gasteiger partial charge in [-0.3, -0.25) is 0 Å². The van der Waals surface area contributed by atoms with Crippen LogP contribution in [0.4, 0.5) is 0 Å². The minimum atomic E-state index is 0.417. The average molecular weight is 273 g/mol. The van der Waals surface area contributed by atoms with E-state index in [-0.39, 0.29) is 0 Å². The molecule has 0 spiro atoms. The van der Waals surface area contributed by atoms with Gasteiger partial charge in [0.1, 0.15) is 12.4 Å². The zero-order valence-corrected chi connectivity index (χ0v) is 11.8. The van der Waals surface area contributed by atoms with Crippen LogP contribution in [-0.4, -0.2) is 21.3 Å². The predicted molar refractivity (Wildman–Crippen MR) is 75.7 cm³/mol. The molecule has 0 N–H and O–H groups in total. The lowest BCUT2D eigenvalue weighted by Crippen LogP contribution is -2.00. The summed E-state index contributed by atoms with van der Waals surface area (Å²) >= 11 is 0. The fraction of sp³-hybridized carbons (Fsp3) is 0.250. The molecule has 0 amide bonds. The topological polar surface area (TPSA) is 36.9 Å². The molecule has 0 saturated heterocycles. The molecule has 0 unspecified atom stereocenters. The molecule has 0 atom stereocenters. The van der Waals surface area contributed by atoms with Crippen LogP contribution in [0.1, 0.15) is 5.56 Å². The van der Waals surface area contributed by atoms with Crippen molar-refractivity contribution in [3.63, 3.8) is 0 Å². The highest BCUT2D eigenvalue weighted by atomic mass is 16.5. The number of hydrogen-bond donors (Lipinski definition) is 0. The van der Waals surface area contributed by atoms with Gasteiger partial charge in [0.25, 0.3) is 0 Å². The van der Waals surface area contributed by atoms with Crippen LogP contribution in [0.2, 0.25) is 0 Å². The lowest BCUT2D eigenvalue weighted by atomic mass is 10.2. The minimum Gasteiger partial charge on any atom is -0.493 e. The summed E-state index contributed by atoms with van der Waals surface area (Å²) in [4.78, 5) is 0. The average Bonchev–Trinajstić information content (AvgIpc) is 2.52. The van der Waals surface area contributed by atoms with E-state index in [0.717, 1.165) is 11.3 Å². The minimum absolute atomic E-state index is 0.417. The first kappa shape index (κ1) is 14.1. The van der Waals surface area contributed by atoms with Crippen molar-refractivity contribution in [3.05, 3.63) is 48.0 Å². The Morgan fingerprint density at radius 3 is 2.00 bits per heavy atom. The summed E-state index contributed by atoms with van der Waals surface area (Å²) in [7, 11) is 4.76. The van der Waals surface area contributed by atoms with Crippen molar-refractivity contribution in [2.45, 2.75) is 6.61 Å². The number of rotatable bonds is 6. The first-order valence-corrected chi connectivity index (χ1v) is 6.16. The first-order valence-electron chi connectivity index (χ1n) is 6.16. The quantitative estimate of drug-likeness (QED) is 0.810. The molecule has 4 nitrogen and oxygen atoms in total. The summed E-state index contributed by atoms with van der Waals surface area (Å²) in [6.07, 6.45) is 0. The van der Waals surface area contributed by atoms with Gasteiger partial charge in [-0.05, 0) is 35.9 Å². The zero-order valence-electron chi connectivity index (χ0n) is 11.8. The molecule has 20 heavy (non-hydrogen) atoms. The van der Waals surface area contributed by atoms with Gasteiger partial charge in [0.2, 0.25) is 5.75 Å². The van der Waals surface area contributed by atoms with Crippen LogP contribution in [0.5, 0.6) is 23.0 Å². The second-order valence-electron chi connectivity index (χ2n) is 4.06. The van der Waals surface area contributed by atoms with E-state index in [1.807, 2.05) is 36.4 Å². The summed E-state index contributed by atoms with van der Waals surface area (Å²) in [6.45, 7) is 0.417. The maximum Gasteiger partial charge on any atom is 0.203 e. The molecular weight excluding hydrogens is 256 g/mol. The number of hydrogen-bond acceptors (Lipinski definition) is 4. The van der Waals surface area contributed by atoms with Crippen LogP contribution < -0.4 is 18.9 Å². The van der Waals surface area contributed by atoms with Crippen molar-refractivity contribution < 1.29 is 18.9 Å². The smallest absolute Gasteiger partial charge is 0.203 e. The van der Waals surface area contributed by atoms with Crippen molar-refractivity contribution in [1.29, 1.82) is 0 Å². The first-order chi connectivity index (χ1) is 9.78. The second kappa shape index (κ2) is 6.70. The fourth-order valence-corrected chi connectivity index (χ4v) is 1.85. The third-order valence-electron chi connectivity index (χ3n) is 2.82. The zero-order chi connectivity index (χ0) is 14.4. The summed E-state index contributed by atoms with van der Waals surface area (Å²) in [5.74, 6) is 2.60. The predicted octanol–water partition coefficient (Wildman–Crippen LogP) is 3.09. The Morgan fingerprint density at radius 1 is 0.900 bits per heavy atom. The SMILES string of the molecule is COc1cc(COc2cc[c]cc2)cc(OC)c1OC. The van der Waals surface area contributed by atoms with Crippen LogP contribution in [0.15, 0.2) is 36.4 Å². The molecule has 0 saturated carbocycles. The van der Waals surface area contributed by atoms with E-state index in [1.54, 1.807) is 21.3 Å². The Bertz CT molecular complexity index is 527. The van der Waals surface area contributed by atoms with Crippen LogP contribution in [0.25, 0.3) is 0 Å². The van der Waals surface area contributed by atoms with Gasteiger partial charge < -0.3 is 18.9 Å². The molecule has 0 aliphatic heterocycles. The standard InChI is InChI=1S/C16H17O4/c1-17-14-9-12(10-15(18-2)16(14)19-3)11-20-13-7-5-4-6-8-13/h5-10H,11H2,1-3H3. The van der Waals surface area contributed by atoms with E-state index in [4.69, 9.17) is 18.9 Å². The van der Waals surface area contributed by atoms with Crippen LogP contribution in [0.3, 0.4) is 0 Å². The van der Waals surface area contributed by atoms with E-state index in [1.165, 1.54) is 0 Å². The monoisotopic (exact) mass is 273 g/mol. The van der Waals surface area contributed by atoms with Crippen molar-refractivity contribution in [3.8, 4) is 23.0 Å². The van der Waals surface area contributed by atoms with E-state index >= 15 is 0 Å². The Kier molecular flexibility index (Phi) is 4.71. The van der Waals surface area contributed by atoms with E-state index < -0.39 is 0 Å². The van der Waals surface area contributed by atoms with Crippen molar-refractivity contribution in [2.75, 3.05) is 21.3 Å². The van der Waals surface area contributed by atoms with Gasteiger partial charge in [-0.25, -0.2) is 0 Å². The van der Waals surface area contributed by atoms with Gasteiger partial charge in [0.05, 0.1) is 21.3 Å². The molecule has 0 aromatic heterocycles. The van der Waals surface area contributed by atoms with E-state index in [2.05, 4.69) is 6.07 Å². The Balaban J connectivity index is 2.19. The molecule has 0 aliphatic carbocycles. The highest BCUT2D eigenvalue weighted by molar-refractivity contribution is 5.53. The number of ether oxygens (including phenoxy) is 4. The summed E-state index contributed by atoms with van der Waals surface area (Å²) < 4.78 is 21.6. The highest BCUT2D eigenvalue weighted by Crippen LogP contribution is 2.38. The van der Waals surface area contributed by atoms with Crippen molar-refractivity contribution >= 4 is 0 Å². The van der Waals surface area contributed by atoms with Crippen LogP contribution in [-0.2, 0) is 6.61 Å². The maximum absolute atomic E-state index is 5.69. The lowest BCUT2D eigenvalue weighted by molar-refractivity contribution is 0.298. The van der Waals surface area contributed by atoms with Gasteiger partial charge in [-0.15, -0.1) is 0 Å². The molecule has 2 aromatic rings. The van der Waals surface area contributed by atoms with Gasteiger partial charge in [0, 0.05) is 0 Å². The van der Waals surface area contributed by atoms with Gasteiger partial charge in [-0.1, -0.05) is 12.1 Å². The lowest BCUT2D eigenvalue weighted by Gasteiger charge is -2.14. The molecule has 2 aromatic carbocycles. The number of methoxy groups -OCH3 is 3. The van der Waals surface area contributed by atoms with Crippen LogP contribution >= 0.6 is 0 Å². The molecule has 0 heterocycles. The molecule has 1 radical (unpaired) electrons. The summed E-state index contributed by atoms with van der Waals surface area (Å²) in [5.41, 5.74) is 0.937. The second-order valence-corrected chi connectivity index (χ2v) is 4.06. The molecular formula is C16H17O4. The third kappa shape index (κ3) is 3.15. The Labute approximate surface area is 118 Å². The summed E-state index contributed by atoms with van der Waals surface area (Å²) in [6, 6.07) is 14.0. The van der Waals surface area contributed by atoms with Gasteiger partial charge in [-0.2, -0.15) is 0 Å². The molecule has 0 bridgehead atoms. The fourth-order valence-electron chi connectivity index (χ4n) is 1.85. The van der Waals surface area contributed by atoms with E-state index in [0.29, 0.717) is 23.9 Å². The van der Waals surface area contributed by atoms with E-state index in [9.17, 15) is 0 Å². The van der Waals surface area contributed by atoms with Gasteiger partial charge in [0.15, 0.2) is 11.5 Å². The largest absolute Gasteiger partial charge is 0.493 e. The number of benzene rings is 2. The Morgan fingerprint density at radius 2 is 1.50 bits per heavy atom. The highest BCUT2D eigenvalue weighted by Gasteiger charge is 2.13. The normalized spacial score (nSPS) is 9.95.